The number of rotatable bonds is 4. The summed E-state index contributed by atoms with van der Waals surface area (Å²) in [4.78, 5) is 21.9. The number of hydrazine groups is 1. The Bertz CT molecular complexity index is 1190. The van der Waals surface area contributed by atoms with E-state index in [0.717, 1.165) is 27.8 Å². The summed E-state index contributed by atoms with van der Waals surface area (Å²) in [6, 6.07) is 14.8. The molecule has 2 aromatic carbocycles. The number of aliphatic imine (C=N–C) groups is 1. The second kappa shape index (κ2) is 7.56. The summed E-state index contributed by atoms with van der Waals surface area (Å²) in [7, 11) is 1.61. The summed E-state index contributed by atoms with van der Waals surface area (Å²) in [5.74, 6) is 1.02. The lowest BCUT2D eigenvalue weighted by Gasteiger charge is -2.20. The molecule has 146 valence electrons. The third-order valence-electron chi connectivity index (χ3n) is 4.56. The summed E-state index contributed by atoms with van der Waals surface area (Å²) in [5, 5.41) is 2.89. The van der Waals surface area contributed by atoms with Crippen LogP contribution in [0.5, 0.6) is 5.75 Å². The number of amides is 1. The molecule has 0 aliphatic carbocycles. The van der Waals surface area contributed by atoms with Crippen molar-refractivity contribution in [3.63, 3.8) is 0 Å². The van der Waals surface area contributed by atoms with Crippen molar-refractivity contribution in [1.29, 1.82) is 0 Å². The average molecular weight is 407 g/mol. The molecule has 7 heteroatoms. The van der Waals surface area contributed by atoms with Gasteiger partial charge in [-0.25, -0.2) is 10.0 Å². The first-order valence-electron chi connectivity index (χ1n) is 9.03. The molecule has 0 atom stereocenters. The second-order valence-electron chi connectivity index (χ2n) is 6.69. The zero-order valence-corrected chi connectivity index (χ0v) is 17.0. The Morgan fingerprint density at radius 1 is 1.14 bits per heavy atom. The van der Waals surface area contributed by atoms with Crippen LogP contribution in [0.2, 0.25) is 5.02 Å². The molecular formula is C22H19ClN4O2. The van der Waals surface area contributed by atoms with E-state index < -0.39 is 0 Å². The highest BCUT2D eigenvalue weighted by molar-refractivity contribution is 6.30. The number of methoxy groups -OCH3 is 1. The van der Waals surface area contributed by atoms with Gasteiger partial charge in [-0.15, -0.1) is 0 Å². The van der Waals surface area contributed by atoms with Crippen LogP contribution < -0.4 is 10.2 Å². The van der Waals surface area contributed by atoms with Gasteiger partial charge in [-0.2, -0.15) is 0 Å². The minimum atomic E-state index is -0.243. The van der Waals surface area contributed by atoms with Gasteiger partial charge in [-0.3, -0.25) is 15.2 Å². The Labute approximate surface area is 173 Å². The normalized spacial score (nSPS) is 15.2. The zero-order valence-electron chi connectivity index (χ0n) is 16.2. The number of nitrogens with one attached hydrogen (secondary N) is 1. The molecule has 4 rings (SSSR count). The van der Waals surface area contributed by atoms with Crippen LogP contribution in [0.3, 0.4) is 0 Å². The second-order valence-corrected chi connectivity index (χ2v) is 7.13. The molecule has 6 nitrogen and oxygen atoms in total. The number of fused-ring (bicyclic) bond motifs is 1. The molecule has 1 aliphatic rings. The van der Waals surface area contributed by atoms with Crippen LogP contribution in [0.15, 0.2) is 59.2 Å². The lowest BCUT2D eigenvalue weighted by atomic mass is 10.1. The fourth-order valence-corrected chi connectivity index (χ4v) is 3.39. The number of nitrogens with zero attached hydrogens (tertiary/aromatic N) is 3. The van der Waals surface area contributed by atoms with Gasteiger partial charge in [0.25, 0.3) is 5.91 Å². The number of anilines is 1. The molecule has 3 aromatic rings. The minimum Gasteiger partial charge on any atom is -0.497 e. The Balaban J connectivity index is 1.68. The summed E-state index contributed by atoms with van der Waals surface area (Å²) in [5.41, 5.74) is 6.74. The van der Waals surface area contributed by atoms with E-state index in [2.05, 4.69) is 15.4 Å². The standard InChI is InChI=1S/C22H19ClN4O2/c1-13-9-20(18-12-17(29-3)7-8-19(18)24-13)26-27-14(2)25-21(22(27)28)11-15-5-4-6-16(23)10-15/h4-12H,1-3H3,(H,24,26)/b21-11-. The quantitative estimate of drug-likeness (QED) is 0.630. The number of hydrogen-bond donors (Lipinski definition) is 1. The van der Waals surface area contributed by atoms with Crippen LogP contribution in [0.25, 0.3) is 17.0 Å². The van der Waals surface area contributed by atoms with Crippen molar-refractivity contribution in [2.75, 3.05) is 12.5 Å². The van der Waals surface area contributed by atoms with E-state index >= 15 is 0 Å². The maximum atomic E-state index is 13.0. The van der Waals surface area contributed by atoms with Crippen LogP contribution in [0.1, 0.15) is 18.2 Å². The maximum Gasteiger partial charge on any atom is 0.296 e. The predicted octanol–water partition coefficient (Wildman–Crippen LogP) is 4.83. The molecular weight excluding hydrogens is 388 g/mol. The number of halogens is 1. The molecule has 0 bridgehead atoms. The molecule has 0 spiro atoms. The predicted molar refractivity (Wildman–Crippen MR) is 116 cm³/mol. The highest BCUT2D eigenvalue weighted by Gasteiger charge is 2.28. The van der Waals surface area contributed by atoms with Gasteiger partial charge in [0.15, 0.2) is 0 Å². The first-order valence-corrected chi connectivity index (χ1v) is 9.41. The lowest BCUT2D eigenvalue weighted by molar-refractivity contribution is -0.121. The molecule has 29 heavy (non-hydrogen) atoms. The smallest absolute Gasteiger partial charge is 0.296 e. The summed E-state index contributed by atoms with van der Waals surface area (Å²) in [6.45, 7) is 3.69. The first kappa shape index (κ1) is 19.0. The number of aromatic nitrogens is 1. The van der Waals surface area contributed by atoms with Crippen molar-refractivity contribution >= 4 is 46.0 Å². The number of amidine groups is 1. The lowest BCUT2D eigenvalue weighted by Crippen LogP contribution is -2.36. The number of carbonyl (C=O) groups is 1. The Morgan fingerprint density at radius 3 is 2.72 bits per heavy atom. The van der Waals surface area contributed by atoms with Gasteiger partial charge >= 0.3 is 0 Å². The van der Waals surface area contributed by atoms with Crippen molar-refractivity contribution in [2.24, 2.45) is 4.99 Å². The van der Waals surface area contributed by atoms with Gasteiger partial charge in [-0.05, 0) is 61.9 Å². The molecule has 0 fully saturated rings. The molecule has 2 heterocycles. The number of hydrogen-bond acceptors (Lipinski definition) is 5. The third-order valence-corrected chi connectivity index (χ3v) is 4.79. The van der Waals surface area contributed by atoms with Crippen LogP contribution >= 0.6 is 11.6 Å². The monoisotopic (exact) mass is 406 g/mol. The summed E-state index contributed by atoms with van der Waals surface area (Å²) < 4.78 is 5.33. The molecule has 0 saturated carbocycles. The number of benzene rings is 2. The molecule has 1 amide bonds. The van der Waals surface area contributed by atoms with Gasteiger partial charge in [0.1, 0.15) is 17.3 Å². The molecule has 1 N–H and O–H groups in total. The highest BCUT2D eigenvalue weighted by Crippen LogP contribution is 2.29. The van der Waals surface area contributed by atoms with E-state index in [1.165, 1.54) is 5.01 Å². The number of pyridine rings is 1. The highest BCUT2D eigenvalue weighted by atomic mass is 35.5. The van der Waals surface area contributed by atoms with Crippen LogP contribution in [-0.4, -0.2) is 28.8 Å². The van der Waals surface area contributed by atoms with E-state index in [4.69, 9.17) is 16.3 Å². The first-order chi connectivity index (χ1) is 13.9. The van der Waals surface area contributed by atoms with Crippen LogP contribution in [-0.2, 0) is 4.79 Å². The van der Waals surface area contributed by atoms with Crippen molar-refractivity contribution in [3.8, 4) is 5.75 Å². The van der Waals surface area contributed by atoms with Crippen molar-refractivity contribution in [1.82, 2.24) is 9.99 Å². The third kappa shape index (κ3) is 3.79. The number of carbonyl (C=O) groups excluding carboxylic acids is 1. The molecule has 0 radical (unpaired) electrons. The largest absolute Gasteiger partial charge is 0.497 e. The molecule has 0 unspecified atom stereocenters. The fraction of sp³-hybridized carbons (Fsp3) is 0.136. The van der Waals surface area contributed by atoms with Crippen LogP contribution in [0.4, 0.5) is 5.69 Å². The molecule has 1 aromatic heterocycles. The minimum absolute atomic E-state index is 0.243. The van der Waals surface area contributed by atoms with Gasteiger partial charge in [0.2, 0.25) is 0 Å². The van der Waals surface area contributed by atoms with Gasteiger partial charge in [-0.1, -0.05) is 23.7 Å². The number of ether oxygens (including phenoxy) is 1. The van der Waals surface area contributed by atoms with Crippen molar-refractivity contribution in [3.05, 3.63) is 70.5 Å². The van der Waals surface area contributed by atoms with E-state index in [-0.39, 0.29) is 5.91 Å². The summed E-state index contributed by atoms with van der Waals surface area (Å²) in [6.07, 6.45) is 1.72. The van der Waals surface area contributed by atoms with Crippen molar-refractivity contribution < 1.29 is 9.53 Å². The van der Waals surface area contributed by atoms with Crippen LogP contribution in [0, 0.1) is 6.92 Å². The average Bonchev–Trinajstić information content (AvgIpc) is 2.95. The zero-order chi connectivity index (χ0) is 20.5. The Kier molecular flexibility index (Phi) is 4.94. The van der Waals surface area contributed by atoms with Gasteiger partial charge < -0.3 is 4.74 Å². The Hall–Kier alpha value is -3.38. The fourth-order valence-electron chi connectivity index (χ4n) is 3.19. The maximum absolute atomic E-state index is 13.0. The Morgan fingerprint density at radius 2 is 1.97 bits per heavy atom. The van der Waals surface area contributed by atoms with E-state index in [1.807, 2.05) is 43.3 Å². The van der Waals surface area contributed by atoms with Crippen molar-refractivity contribution in [2.45, 2.75) is 13.8 Å². The molecule has 1 aliphatic heterocycles. The van der Waals surface area contributed by atoms with E-state index in [1.54, 1.807) is 32.2 Å². The van der Waals surface area contributed by atoms with Gasteiger partial charge in [0.05, 0.1) is 18.3 Å². The topological polar surface area (TPSA) is 66.8 Å². The SMILES string of the molecule is COc1ccc2nc(C)cc(NN3C(=O)/C(=C/c4cccc(Cl)c4)N=C3C)c2c1. The summed E-state index contributed by atoms with van der Waals surface area (Å²) >= 11 is 6.04. The number of aryl methyl sites for hydroxylation is 1. The van der Waals surface area contributed by atoms with E-state index in [0.29, 0.717) is 22.3 Å². The van der Waals surface area contributed by atoms with Gasteiger partial charge in [0, 0.05) is 16.1 Å². The molecule has 0 saturated heterocycles. The van der Waals surface area contributed by atoms with E-state index in [9.17, 15) is 4.79 Å².